The highest BCUT2D eigenvalue weighted by atomic mass is 32.2. The van der Waals surface area contributed by atoms with E-state index in [0.29, 0.717) is 5.54 Å². The zero-order valence-electron chi connectivity index (χ0n) is 13.4. The Morgan fingerprint density at radius 3 is 2.60 bits per heavy atom. The van der Waals surface area contributed by atoms with Gasteiger partial charge >= 0.3 is 0 Å². The maximum Gasteiger partial charge on any atom is 0.0309 e. The zero-order chi connectivity index (χ0) is 14.0. The molecule has 3 rings (SSSR count). The Morgan fingerprint density at radius 2 is 1.90 bits per heavy atom. The summed E-state index contributed by atoms with van der Waals surface area (Å²) < 4.78 is 0. The normalized spacial score (nSPS) is 38.4. The molecule has 3 atom stereocenters. The summed E-state index contributed by atoms with van der Waals surface area (Å²) in [5.41, 5.74) is 0.478. The van der Waals surface area contributed by atoms with Gasteiger partial charge in [0, 0.05) is 36.0 Å². The Bertz CT molecular complexity index is 314. The van der Waals surface area contributed by atoms with Gasteiger partial charge in [-0.2, -0.15) is 11.8 Å². The minimum absolute atomic E-state index is 0.478. The van der Waals surface area contributed by atoms with Gasteiger partial charge in [-0.15, -0.1) is 0 Å². The van der Waals surface area contributed by atoms with E-state index in [1.54, 1.807) is 0 Å². The summed E-state index contributed by atoms with van der Waals surface area (Å²) in [6, 6.07) is 1.63. The van der Waals surface area contributed by atoms with Crippen molar-refractivity contribution in [1.29, 1.82) is 0 Å². The number of piperazine rings is 1. The fourth-order valence-electron chi connectivity index (χ4n) is 4.87. The predicted molar refractivity (Wildman–Crippen MR) is 89.5 cm³/mol. The van der Waals surface area contributed by atoms with E-state index in [9.17, 15) is 0 Å². The average Bonchev–Trinajstić information content (AvgIpc) is 2.95. The second-order valence-corrected chi connectivity index (χ2v) is 8.31. The second kappa shape index (κ2) is 6.58. The monoisotopic (exact) mass is 296 g/mol. The molecule has 3 aliphatic rings. The molecule has 0 aromatic carbocycles. The van der Waals surface area contributed by atoms with Crippen molar-refractivity contribution in [2.24, 2.45) is 0 Å². The molecule has 0 radical (unpaired) electrons. The van der Waals surface area contributed by atoms with Gasteiger partial charge < -0.3 is 5.32 Å². The van der Waals surface area contributed by atoms with E-state index in [1.807, 2.05) is 0 Å². The summed E-state index contributed by atoms with van der Waals surface area (Å²) >= 11 is 2.13. The van der Waals surface area contributed by atoms with Crippen molar-refractivity contribution in [1.82, 2.24) is 10.2 Å². The summed E-state index contributed by atoms with van der Waals surface area (Å²) in [6.45, 7) is 4.93. The molecule has 1 spiro atoms. The predicted octanol–water partition coefficient (Wildman–Crippen LogP) is 3.66. The van der Waals surface area contributed by atoms with Gasteiger partial charge in [0.1, 0.15) is 0 Å². The lowest BCUT2D eigenvalue weighted by molar-refractivity contribution is 0.0293. The molecule has 0 aromatic rings. The Balaban J connectivity index is 1.75. The van der Waals surface area contributed by atoms with Crippen molar-refractivity contribution in [2.75, 3.05) is 19.3 Å². The fourth-order valence-corrected chi connectivity index (χ4v) is 5.88. The van der Waals surface area contributed by atoms with Crippen LogP contribution in [0.25, 0.3) is 0 Å². The smallest absolute Gasteiger partial charge is 0.0309 e. The third-order valence-electron chi connectivity index (χ3n) is 6.10. The van der Waals surface area contributed by atoms with Crippen molar-refractivity contribution >= 4 is 11.8 Å². The first kappa shape index (κ1) is 15.2. The van der Waals surface area contributed by atoms with E-state index >= 15 is 0 Å². The van der Waals surface area contributed by atoms with Crippen LogP contribution in [0.3, 0.4) is 0 Å². The molecule has 20 heavy (non-hydrogen) atoms. The van der Waals surface area contributed by atoms with Crippen molar-refractivity contribution < 1.29 is 0 Å². The lowest BCUT2D eigenvalue weighted by atomic mass is 9.86. The van der Waals surface area contributed by atoms with Crippen LogP contribution in [0.1, 0.15) is 64.7 Å². The van der Waals surface area contributed by atoms with Crippen LogP contribution in [-0.2, 0) is 0 Å². The minimum atomic E-state index is 0.478. The van der Waals surface area contributed by atoms with Crippen LogP contribution >= 0.6 is 11.8 Å². The fraction of sp³-hybridized carbons (Fsp3) is 1.00. The van der Waals surface area contributed by atoms with Gasteiger partial charge in [0.25, 0.3) is 0 Å². The number of hydrogen-bond acceptors (Lipinski definition) is 3. The van der Waals surface area contributed by atoms with Gasteiger partial charge in [-0.3, -0.25) is 4.90 Å². The van der Waals surface area contributed by atoms with Crippen molar-refractivity contribution in [3.63, 3.8) is 0 Å². The van der Waals surface area contributed by atoms with E-state index < -0.39 is 0 Å². The van der Waals surface area contributed by atoms with Gasteiger partial charge in [0.15, 0.2) is 0 Å². The summed E-state index contributed by atoms with van der Waals surface area (Å²) in [6.07, 6.45) is 15.1. The Morgan fingerprint density at radius 1 is 1.15 bits per heavy atom. The lowest BCUT2D eigenvalue weighted by Gasteiger charge is -2.52. The van der Waals surface area contributed by atoms with E-state index in [-0.39, 0.29) is 0 Å². The molecule has 3 unspecified atom stereocenters. The molecule has 0 aromatic heterocycles. The molecule has 1 heterocycles. The highest BCUT2D eigenvalue weighted by molar-refractivity contribution is 7.99. The van der Waals surface area contributed by atoms with E-state index in [4.69, 9.17) is 0 Å². The number of nitrogens with one attached hydrogen (secondary N) is 1. The number of rotatable bonds is 3. The van der Waals surface area contributed by atoms with Crippen LogP contribution in [0, 0.1) is 0 Å². The molecule has 1 saturated heterocycles. The van der Waals surface area contributed by atoms with E-state index in [1.165, 1.54) is 70.9 Å². The van der Waals surface area contributed by atoms with Gasteiger partial charge in [-0.25, -0.2) is 0 Å². The molecule has 2 aliphatic carbocycles. The lowest BCUT2D eigenvalue weighted by Crippen LogP contribution is -2.66. The Labute approximate surface area is 129 Å². The number of nitrogens with zero attached hydrogens (tertiary/aromatic N) is 1. The molecule has 3 fully saturated rings. The van der Waals surface area contributed by atoms with Crippen LogP contribution < -0.4 is 5.32 Å². The van der Waals surface area contributed by atoms with Crippen molar-refractivity contribution in [3.05, 3.63) is 0 Å². The molecule has 116 valence electrons. The van der Waals surface area contributed by atoms with Crippen molar-refractivity contribution in [3.8, 4) is 0 Å². The maximum atomic E-state index is 3.95. The standard InChI is InChI=1S/C17H32N2S/c1-3-14-12-18-17(10-6-7-11-17)13-19(14)15-8-4-5-9-16(15)20-2/h14-16,18H,3-13H2,1-2H3. The van der Waals surface area contributed by atoms with Crippen molar-refractivity contribution in [2.45, 2.75) is 87.6 Å². The van der Waals surface area contributed by atoms with Crippen LogP contribution in [0.15, 0.2) is 0 Å². The topological polar surface area (TPSA) is 15.3 Å². The van der Waals surface area contributed by atoms with Gasteiger partial charge in [-0.05, 0) is 38.4 Å². The summed E-state index contributed by atoms with van der Waals surface area (Å²) in [4.78, 5) is 2.95. The largest absolute Gasteiger partial charge is 0.308 e. The first-order valence-electron chi connectivity index (χ1n) is 8.81. The Hall–Kier alpha value is 0.270. The van der Waals surface area contributed by atoms with Crippen LogP contribution in [0.4, 0.5) is 0 Å². The third kappa shape index (κ3) is 2.91. The van der Waals surface area contributed by atoms with Gasteiger partial charge in [0.2, 0.25) is 0 Å². The van der Waals surface area contributed by atoms with Gasteiger partial charge in [0.05, 0.1) is 0 Å². The molecule has 1 N–H and O–H groups in total. The molecule has 3 heteroatoms. The molecule has 1 aliphatic heterocycles. The molecular formula is C17H32N2S. The summed E-state index contributed by atoms with van der Waals surface area (Å²) in [7, 11) is 0. The van der Waals surface area contributed by atoms with Crippen LogP contribution in [0.2, 0.25) is 0 Å². The average molecular weight is 297 g/mol. The zero-order valence-corrected chi connectivity index (χ0v) is 14.2. The van der Waals surface area contributed by atoms with Crippen LogP contribution in [-0.4, -0.2) is 47.1 Å². The minimum Gasteiger partial charge on any atom is -0.308 e. The second-order valence-electron chi connectivity index (χ2n) is 7.23. The maximum absolute atomic E-state index is 3.95. The van der Waals surface area contributed by atoms with Gasteiger partial charge in [-0.1, -0.05) is 32.6 Å². The summed E-state index contributed by atoms with van der Waals surface area (Å²) in [5.74, 6) is 0. The summed E-state index contributed by atoms with van der Waals surface area (Å²) in [5, 5.41) is 4.83. The molecule has 2 saturated carbocycles. The quantitative estimate of drug-likeness (QED) is 0.855. The van der Waals surface area contributed by atoms with Crippen LogP contribution in [0.5, 0.6) is 0 Å². The highest BCUT2D eigenvalue weighted by Crippen LogP contribution is 2.38. The van der Waals surface area contributed by atoms with E-state index in [0.717, 1.165) is 17.3 Å². The highest BCUT2D eigenvalue weighted by Gasteiger charge is 2.44. The first-order valence-corrected chi connectivity index (χ1v) is 10.1. The number of thioether (sulfide) groups is 1. The first-order chi connectivity index (χ1) is 9.78. The number of hydrogen-bond donors (Lipinski definition) is 1. The SMILES string of the molecule is CCC1CNC2(CCCC2)CN1C1CCCCC1SC. The Kier molecular flexibility index (Phi) is 4.99. The molecule has 2 nitrogen and oxygen atoms in total. The third-order valence-corrected chi connectivity index (χ3v) is 7.25. The molecular weight excluding hydrogens is 264 g/mol. The van der Waals surface area contributed by atoms with E-state index in [2.05, 4.69) is 35.2 Å². The molecule has 0 bridgehead atoms. The molecule has 0 amide bonds.